The van der Waals surface area contributed by atoms with E-state index in [1.165, 1.54) is 18.2 Å². The quantitative estimate of drug-likeness (QED) is 0.508. The number of aliphatic carboxylic acids is 1. The lowest BCUT2D eigenvalue weighted by Crippen LogP contribution is -1.96. The Bertz CT molecular complexity index is 343. The molecule has 0 aliphatic heterocycles. The zero-order valence-electron chi connectivity index (χ0n) is 6.81. The van der Waals surface area contributed by atoms with Crippen LogP contribution in [0.1, 0.15) is 0 Å². The average Bonchev–Trinajstić information content (AvgIpc) is 2.30. The number of hydrogen-bond acceptors (Lipinski definition) is 2. The molecule has 1 rings (SSSR count). The lowest BCUT2D eigenvalue weighted by Gasteiger charge is -1.89. The van der Waals surface area contributed by atoms with Gasteiger partial charge in [0.25, 0.3) is 0 Å². The van der Waals surface area contributed by atoms with Gasteiger partial charge < -0.3 is 5.11 Å². The monoisotopic (exact) mass is 176 g/mol. The van der Waals surface area contributed by atoms with Crippen molar-refractivity contribution in [1.29, 1.82) is 0 Å². The summed E-state index contributed by atoms with van der Waals surface area (Å²) in [5, 5.41) is 8.64. The summed E-state index contributed by atoms with van der Waals surface area (Å²) in [5.74, 6) is -0.978. The molecule has 0 bridgehead atoms. The molecule has 3 heteroatoms. The van der Waals surface area contributed by atoms with Gasteiger partial charge in [-0.3, -0.25) is 4.79 Å². The fourth-order valence-electron chi connectivity index (χ4n) is 0.892. The lowest BCUT2D eigenvalue weighted by molar-refractivity contribution is -0.132. The Balaban J connectivity index is 2.92. The molecule has 0 fully saturated rings. The maximum atomic E-state index is 10.5. The van der Waals surface area contributed by atoms with Crippen LogP contribution in [0.4, 0.5) is 0 Å². The topological polar surface area (TPSA) is 54.4 Å². The maximum Gasteiger partial charge on any atom is 0.335 e. The van der Waals surface area contributed by atoms with Crippen molar-refractivity contribution in [3.63, 3.8) is 0 Å². The van der Waals surface area contributed by atoms with Gasteiger partial charge in [-0.15, -0.1) is 0 Å². The Kier molecular flexibility index (Phi) is 2.97. The molecule has 0 saturated heterocycles. The minimum absolute atomic E-state index is 0.200. The van der Waals surface area contributed by atoms with E-state index in [1.54, 1.807) is 18.2 Å². The predicted molar refractivity (Wildman–Crippen MR) is 48.1 cm³/mol. The molecular weight excluding hydrogens is 168 g/mol. The number of carbonyl (C=O) groups excluding carboxylic acids is 1. The highest BCUT2D eigenvalue weighted by Crippen LogP contribution is 2.08. The third-order valence-electron chi connectivity index (χ3n) is 1.53. The third-order valence-corrected chi connectivity index (χ3v) is 1.53. The SMILES string of the molecule is O=C/C=C1\C=CC=C(C(=O)O)C=C1. The first kappa shape index (κ1) is 9.19. The van der Waals surface area contributed by atoms with Gasteiger partial charge in [0.2, 0.25) is 0 Å². The summed E-state index contributed by atoms with van der Waals surface area (Å²) >= 11 is 0. The van der Waals surface area contributed by atoms with Crippen molar-refractivity contribution in [3.05, 3.63) is 47.6 Å². The normalized spacial score (nSPS) is 18.2. The molecule has 3 nitrogen and oxygen atoms in total. The van der Waals surface area contributed by atoms with E-state index in [2.05, 4.69) is 0 Å². The molecule has 1 N–H and O–H groups in total. The molecule has 0 heterocycles. The van der Waals surface area contributed by atoms with Gasteiger partial charge in [-0.2, -0.15) is 0 Å². The number of carboxylic acids is 1. The minimum atomic E-state index is -0.978. The summed E-state index contributed by atoms with van der Waals surface area (Å²) in [4.78, 5) is 20.7. The Morgan fingerprint density at radius 1 is 1.31 bits per heavy atom. The second-order valence-corrected chi connectivity index (χ2v) is 2.42. The van der Waals surface area contributed by atoms with Gasteiger partial charge in [0.05, 0.1) is 5.57 Å². The smallest absolute Gasteiger partial charge is 0.335 e. The molecule has 0 aromatic heterocycles. The number of rotatable bonds is 2. The number of aldehydes is 1. The first-order chi connectivity index (χ1) is 6.24. The van der Waals surface area contributed by atoms with E-state index in [0.29, 0.717) is 11.9 Å². The minimum Gasteiger partial charge on any atom is -0.478 e. The largest absolute Gasteiger partial charge is 0.478 e. The fraction of sp³-hybridized carbons (Fsp3) is 0. The van der Waals surface area contributed by atoms with Crippen molar-refractivity contribution in [1.82, 2.24) is 0 Å². The van der Waals surface area contributed by atoms with Crippen LogP contribution < -0.4 is 0 Å². The van der Waals surface area contributed by atoms with Gasteiger partial charge >= 0.3 is 5.97 Å². The number of allylic oxidation sites excluding steroid dienone is 6. The number of hydrogen-bond donors (Lipinski definition) is 1. The summed E-state index contributed by atoms with van der Waals surface area (Å²) in [7, 11) is 0. The Hall–Kier alpha value is -1.90. The van der Waals surface area contributed by atoms with Crippen LogP contribution in [0.3, 0.4) is 0 Å². The van der Waals surface area contributed by atoms with E-state index in [4.69, 9.17) is 5.11 Å². The molecule has 1 aliphatic rings. The summed E-state index contributed by atoms with van der Waals surface area (Å²) in [6.07, 6.45) is 9.81. The van der Waals surface area contributed by atoms with Gasteiger partial charge in [0.15, 0.2) is 0 Å². The summed E-state index contributed by atoms with van der Waals surface area (Å²) in [6.45, 7) is 0. The summed E-state index contributed by atoms with van der Waals surface area (Å²) in [6, 6.07) is 0. The predicted octanol–water partition coefficient (Wildman–Crippen LogP) is 1.25. The van der Waals surface area contributed by atoms with Crippen molar-refractivity contribution in [2.75, 3.05) is 0 Å². The van der Waals surface area contributed by atoms with Crippen molar-refractivity contribution < 1.29 is 14.7 Å². The van der Waals surface area contributed by atoms with E-state index in [9.17, 15) is 9.59 Å². The van der Waals surface area contributed by atoms with Crippen LogP contribution in [0.15, 0.2) is 47.6 Å². The van der Waals surface area contributed by atoms with E-state index >= 15 is 0 Å². The molecule has 13 heavy (non-hydrogen) atoms. The first-order valence-corrected chi connectivity index (χ1v) is 3.69. The fourth-order valence-corrected chi connectivity index (χ4v) is 0.892. The standard InChI is InChI=1S/C10H8O3/c11-7-6-8-2-1-3-9(5-4-8)10(12)13/h1-7H,(H,12,13)/b8-6+. The Morgan fingerprint density at radius 3 is 2.69 bits per heavy atom. The molecule has 0 atom stereocenters. The van der Waals surface area contributed by atoms with Gasteiger partial charge in [-0.1, -0.05) is 18.2 Å². The van der Waals surface area contributed by atoms with Crippen LogP contribution >= 0.6 is 0 Å². The lowest BCUT2D eigenvalue weighted by atomic mass is 10.2. The highest BCUT2D eigenvalue weighted by molar-refractivity contribution is 5.90. The third kappa shape index (κ3) is 2.56. The van der Waals surface area contributed by atoms with Crippen LogP contribution in [0, 0.1) is 0 Å². The van der Waals surface area contributed by atoms with E-state index in [0.717, 1.165) is 0 Å². The molecule has 0 aromatic rings. The Morgan fingerprint density at radius 2 is 2.08 bits per heavy atom. The second-order valence-electron chi connectivity index (χ2n) is 2.42. The molecule has 0 saturated carbocycles. The van der Waals surface area contributed by atoms with E-state index < -0.39 is 5.97 Å². The highest BCUT2D eigenvalue weighted by atomic mass is 16.4. The highest BCUT2D eigenvalue weighted by Gasteiger charge is 2.02. The maximum absolute atomic E-state index is 10.5. The van der Waals surface area contributed by atoms with Gasteiger partial charge in [0.1, 0.15) is 6.29 Å². The molecule has 0 aromatic carbocycles. The molecular formula is C10H8O3. The van der Waals surface area contributed by atoms with E-state index in [-0.39, 0.29) is 5.57 Å². The zero-order valence-corrected chi connectivity index (χ0v) is 6.81. The van der Waals surface area contributed by atoms with Crippen molar-refractivity contribution >= 4 is 12.3 Å². The summed E-state index contributed by atoms with van der Waals surface area (Å²) < 4.78 is 0. The van der Waals surface area contributed by atoms with Gasteiger partial charge in [-0.05, 0) is 23.8 Å². The van der Waals surface area contributed by atoms with Crippen LogP contribution in [-0.4, -0.2) is 17.4 Å². The molecule has 0 amide bonds. The Labute approximate surface area is 75.4 Å². The summed E-state index contributed by atoms with van der Waals surface area (Å²) in [5.41, 5.74) is 0.882. The molecule has 66 valence electrons. The zero-order chi connectivity index (χ0) is 9.68. The van der Waals surface area contributed by atoms with Crippen molar-refractivity contribution in [3.8, 4) is 0 Å². The van der Waals surface area contributed by atoms with Crippen LogP contribution in [0.25, 0.3) is 0 Å². The second kappa shape index (κ2) is 4.21. The molecule has 1 aliphatic carbocycles. The first-order valence-electron chi connectivity index (χ1n) is 3.69. The van der Waals surface area contributed by atoms with E-state index in [1.807, 2.05) is 0 Å². The molecule has 0 spiro atoms. The average molecular weight is 176 g/mol. The van der Waals surface area contributed by atoms with Crippen molar-refractivity contribution in [2.24, 2.45) is 0 Å². The number of carboxylic acid groups (broad SMARTS) is 1. The number of carbonyl (C=O) groups is 2. The van der Waals surface area contributed by atoms with Crippen LogP contribution in [0.5, 0.6) is 0 Å². The van der Waals surface area contributed by atoms with Crippen LogP contribution in [-0.2, 0) is 9.59 Å². The van der Waals surface area contributed by atoms with Crippen molar-refractivity contribution in [2.45, 2.75) is 0 Å². The van der Waals surface area contributed by atoms with Crippen LogP contribution in [0.2, 0.25) is 0 Å². The van der Waals surface area contributed by atoms with Gasteiger partial charge in [-0.25, -0.2) is 4.79 Å². The molecule has 0 unspecified atom stereocenters. The molecule has 0 radical (unpaired) electrons. The van der Waals surface area contributed by atoms with Gasteiger partial charge in [0, 0.05) is 0 Å².